The Morgan fingerprint density at radius 2 is 1.82 bits per heavy atom. The minimum Gasteiger partial charge on any atom is -0.493 e. The van der Waals surface area contributed by atoms with Gasteiger partial charge in [0.15, 0.2) is 8.32 Å². The molecule has 0 bridgehead atoms. The SMILES string of the molecule is COC(=O)/C=C/O[C@@H](CO[Si](C)(C)C(C)(C)C)[C@H](CO)OCc1ccccc1. The third-order valence-corrected chi connectivity index (χ3v) is 9.48. The molecule has 0 spiro atoms. The zero-order valence-electron chi connectivity index (χ0n) is 17.8. The number of aliphatic hydroxyl groups excluding tert-OH is 1. The van der Waals surface area contributed by atoms with Crippen LogP contribution >= 0.6 is 0 Å². The number of hydrogen-bond acceptors (Lipinski definition) is 6. The predicted octanol–water partition coefficient (Wildman–Crippen LogP) is 3.66. The summed E-state index contributed by atoms with van der Waals surface area (Å²) in [5.41, 5.74) is 0.995. The van der Waals surface area contributed by atoms with E-state index in [-0.39, 0.29) is 18.3 Å². The van der Waals surface area contributed by atoms with Crippen molar-refractivity contribution in [2.24, 2.45) is 0 Å². The molecule has 1 N–H and O–H groups in total. The molecule has 1 aromatic rings. The molecule has 158 valence electrons. The Morgan fingerprint density at radius 1 is 1.18 bits per heavy atom. The molecule has 0 aliphatic carbocycles. The lowest BCUT2D eigenvalue weighted by Gasteiger charge is -2.38. The summed E-state index contributed by atoms with van der Waals surface area (Å²) < 4.78 is 22.4. The Morgan fingerprint density at radius 3 is 2.36 bits per heavy atom. The molecular weight excluding hydrogens is 376 g/mol. The maximum absolute atomic E-state index is 11.3. The van der Waals surface area contributed by atoms with E-state index in [1.807, 2.05) is 30.3 Å². The highest BCUT2D eigenvalue weighted by molar-refractivity contribution is 6.74. The van der Waals surface area contributed by atoms with Crippen LogP contribution < -0.4 is 0 Å². The third-order valence-electron chi connectivity index (χ3n) is 4.97. The smallest absolute Gasteiger partial charge is 0.333 e. The Bertz CT molecular complexity index is 609. The van der Waals surface area contributed by atoms with Gasteiger partial charge in [-0.1, -0.05) is 51.1 Å². The van der Waals surface area contributed by atoms with E-state index in [9.17, 15) is 9.90 Å². The van der Waals surface area contributed by atoms with Crippen LogP contribution in [0.25, 0.3) is 0 Å². The average Bonchev–Trinajstić information content (AvgIpc) is 2.65. The molecule has 0 saturated carbocycles. The lowest BCUT2D eigenvalue weighted by Crippen LogP contribution is -2.46. The molecule has 0 aliphatic heterocycles. The van der Waals surface area contributed by atoms with Gasteiger partial charge in [0.2, 0.25) is 0 Å². The van der Waals surface area contributed by atoms with Gasteiger partial charge in [-0.25, -0.2) is 4.79 Å². The van der Waals surface area contributed by atoms with Crippen LogP contribution in [0.1, 0.15) is 26.3 Å². The monoisotopic (exact) mass is 410 g/mol. The maximum atomic E-state index is 11.3. The molecule has 0 aromatic heterocycles. The van der Waals surface area contributed by atoms with Gasteiger partial charge in [0, 0.05) is 0 Å². The summed E-state index contributed by atoms with van der Waals surface area (Å²) in [6, 6.07) is 9.70. The lowest BCUT2D eigenvalue weighted by molar-refractivity contribution is -0.135. The highest BCUT2D eigenvalue weighted by atomic mass is 28.4. The lowest BCUT2D eigenvalue weighted by atomic mass is 10.2. The van der Waals surface area contributed by atoms with E-state index in [1.54, 1.807) is 0 Å². The summed E-state index contributed by atoms with van der Waals surface area (Å²) in [7, 11) is -0.718. The number of benzene rings is 1. The van der Waals surface area contributed by atoms with E-state index in [2.05, 4.69) is 38.6 Å². The number of rotatable bonds is 11. The van der Waals surface area contributed by atoms with E-state index in [0.29, 0.717) is 6.61 Å². The topological polar surface area (TPSA) is 74.2 Å². The van der Waals surface area contributed by atoms with Crippen molar-refractivity contribution in [1.82, 2.24) is 0 Å². The first-order chi connectivity index (χ1) is 13.1. The summed E-state index contributed by atoms with van der Waals surface area (Å²) >= 11 is 0. The zero-order valence-corrected chi connectivity index (χ0v) is 18.8. The standard InChI is InChI=1S/C21H34O6Si/c1-21(2,3)28(5,6)27-16-19(25-13-12-20(23)24-4)18(14-22)26-15-17-10-8-7-9-11-17/h7-13,18-19,22H,14-16H2,1-6H3/b13-12+/t18-,19-/m0/s1. The van der Waals surface area contributed by atoms with Gasteiger partial charge < -0.3 is 23.7 Å². The van der Waals surface area contributed by atoms with Crippen molar-refractivity contribution in [2.45, 2.75) is 57.7 Å². The summed E-state index contributed by atoms with van der Waals surface area (Å²) in [6.45, 7) is 11.1. The van der Waals surface area contributed by atoms with Crippen molar-refractivity contribution in [1.29, 1.82) is 0 Å². The molecular formula is C21H34O6Si. The Kier molecular flexibility index (Phi) is 9.88. The van der Waals surface area contributed by atoms with Crippen molar-refractivity contribution in [3.8, 4) is 0 Å². The Labute approximate surface area is 169 Å². The summed E-state index contributed by atoms with van der Waals surface area (Å²) in [5.74, 6) is -0.519. The number of aliphatic hydroxyl groups is 1. The second-order valence-corrected chi connectivity index (χ2v) is 12.9. The first-order valence-corrected chi connectivity index (χ1v) is 12.3. The maximum Gasteiger partial charge on any atom is 0.333 e. The van der Waals surface area contributed by atoms with Crippen molar-refractivity contribution in [3.63, 3.8) is 0 Å². The van der Waals surface area contributed by atoms with Gasteiger partial charge in [-0.05, 0) is 23.7 Å². The molecule has 0 amide bonds. The quantitative estimate of drug-likeness (QED) is 0.260. The first-order valence-electron chi connectivity index (χ1n) is 9.41. The van der Waals surface area contributed by atoms with Gasteiger partial charge in [-0.3, -0.25) is 0 Å². The average molecular weight is 411 g/mol. The fraction of sp³-hybridized carbons (Fsp3) is 0.571. The van der Waals surface area contributed by atoms with E-state index in [1.165, 1.54) is 19.4 Å². The number of carbonyl (C=O) groups is 1. The number of methoxy groups -OCH3 is 1. The van der Waals surface area contributed by atoms with Crippen LogP contribution in [0, 0.1) is 0 Å². The molecule has 0 fully saturated rings. The van der Waals surface area contributed by atoms with E-state index in [4.69, 9.17) is 13.9 Å². The van der Waals surface area contributed by atoms with Crippen LogP contribution in [0.5, 0.6) is 0 Å². The fourth-order valence-corrected chi connectivity index (χ4v) is 3.07. The number of carbonyl (C=O) groups excluding carboxylic acids is 1. The first kappa shape index (κ1) is 24.4. The minimum atomic E-state index is -2.01. The molecule has 1 rings (SSSR count). The molecule has 7 heteroatoms. The van der Waals surface area contributed by atoms with Gasteiger partial charge in [-0.15, -0.1) is 0 Å². The van der Waals surface area contributed by atoms with Gasteiger partial charge in [0.1, 0.15) is 12.2 Å². The molecule has 0 radical (unpaired) electrons. The largest absolute Gasteiger partial charge is 0.493 e. The minimum absolute atomic E-state index is 0.0407. The normalized spacial score (nSPS) is 14.7. The summed E-state index contributed by atoms with van der Waals surface area (Å²) in [6.07, 6.45) is 1.28. The van der Waals surface area contributed by atoms with Crippen LogP contribution in [0.4, 0.5) is 0 Å². The van der Waals surface area contributed by atoms with Gasteiger partial charge >= 0.3 is 5.97 Å². The molecule has 0 saturated heterocycles. The van der Waals surface area contributed by atoms with E-state index in [0.717, 1.165) is 5.56 Å². The van der Waals surface area contributed by atoms with Gasteiger partial charge in [0.05, 0.1) is 39.3 Å². The molecule has 28 heavy (non-hydrogen) atoms. The van der Waals surface area contributed by atoms with Crippen molar-refractivity contribution < 1.29 is 28.5 Å². The van der Waals surface area contributed by atoms with Crippen molar-refractivity contribution in [3.05, 3.63) is 48.2 Å². The van der Waals surface area contributed by atoms with Gasteiger partial charge in [0.25, 0.3) is 0 Å². The number of esters is 1. The van der Waals surface area contributed by atoms with E-state index < -0.39 is 26.5 Å². The second kappa shape index (κ2) is 11.4. The number of ether oxygens (including phenoxy) is 3. The Balaban J connectivity index is 2.83. The highest BCUT2D eigenvalue weighted by Gasteiger charge is 2.38. The molecule has 0 unspecified atom stereocenters. The number of hydrogen-bond donors (Lipinski definition) is 1. The molecule has 6 nitrogen and oxygen atoms in total. The fourth-order valence-electron chi connectivity index (χ4n) is 2.06. The van der Waals surface area contributed by atoms with Crippen LogP contribution in [-0.4, -0.2) is 51.9 Å². The van der Waals surface area contributed by atoms with Crippen molar-refractivity contribution in [2.75, 3.05) is 20.3 Å². The molecule has 1 aromatic carbocycles. The third kappa shape index (κ3) is 8.14. The molecule has 2 atom stereocenters. The van der Waals surface area contributed by atoms with Crippen LogP contribution in [-0.2, 0) is 30.0 Å². The van der Waals surface area contributed by atoms with Crippen LogP contribution in [0.3, 0.4) is 0 Å². The summed E-state index contributed by atoms with van der Waals surface area (Å²) in [5, 5.41) is 9.89. The second-order valence-electron chi connectivity index (χ2n) is 8.09. The molecule has 0 aliphatic rings. The van der Waals surface area contributed by atoms with Crippen molar-refractivity contribution >= 4 is 14.3 Å². The van der Waals surface area contributed by atoms with Gasteiger partial charge in [-0.2, -0.15) is 0 Å². The highest BCUT2D eigenvalue weighted by Crippen LogP contribution is 2.36. The van der Waals surface area contributed by atoms with Crippen LogP contribution in [0.15, 0.2) is 42.7 Å². The zero-order chi connectivity index (χ0) is 21.2. The summed E-state index contributed by atoms with van der Waals surface area (Å²) in [4.78, 5) is 11.3. The predicted molar refractivity (Wildman–Crippen MR) is 111 cm³/mol. The Hall–Kier alpha value is -1.67. The molecule has 0 heterocycles. The van der Waals surface area contributed by atoms with E-state index >= 15 is 0 Å². The van der Waals surface area contributed by atoms with Crippen LogP contribution in [0.2, 0.25) is 18.1 Å².